The Labute approximate surface area is 208 Å². The predicted octanol–water partition coefficient (Wildman–Crippen LogP) is 5.07. The van der Waals surface area contributed by atoms with Crippen molar-refractivity contribution < 1.29 is 9.53 Å². The molecule has 0 saturated carbocycles. The maximum atomic E-state index is 12.6. The fraction of sp³-hybridized carbons (Fsp3) is 0.200. The molecule has 4 rings (SSSR count). The molecule has 2 amide bonds. The Morgan fingerprint density at radius 1 is 1.09 bits per heavy atom. The number of guanidine groups is 1. The summed E-state index contributed by atoms with van der Waals surface area (Å²) in [6.07, 6.45) is 2.60. The minimum absolute atomic E-state index is 0.229. The van der Waals surface area contributed by atoms with Gasteiger partial charge in [-0.2, -0.15) is 0 Å². The molecular formula is C25H26ClN7O2. The van der Waals surface area contributed by atoms with Gasteiger partial charge in [0.2, 0.25) is 11.9 Å². The molecule has 0 radical (unpaired) electrons. The number of aromatic amines is 1. The van der Waals surface area contributed by atoms with Gasteiger partial charge in [-0.25, -0.2) is 14.8 Å². The number of aliphatic imine (C=N–C) groups is 1. The lowest BCUT2D eigenvalue weighted by Crippen LogP contribution is -2.39. The van der Waals surface area contributed by atoms with Crippen LogP contribution in [0.25, 0.3) is 10.9 Å². The number of H-pyrrole nitrogens is 1. The van der Waals surface area contributed by atoms with Gasteiger partial charge < -0.3 is 15.0 Å². The van der Waals surface area contributed by atoms with Crippen LogP contribution in [0.15, 0.2) is 59.7 Å². The van der Waals surface area contributed by atoms with Gasteiger partial charge in [0.15, 0.2) is 0 Å². The number of fused-ring (bicyclic) bond motifs is 1. The lowest BCUT2D eigenvalue weighted by atomic mass is 10.1. The topological polar surface area (TPSA) is 116 Å². The molecule has 180 valence electrons. The Bertz CT molecular complexity index is 1360. The largest absolute Gasteiger partial charge is 0.497 e. The predicted molar refractivity (Wildman–Crippen MR) is 140 cm³/mol. The number of nitrogens with zero attached hydrogens (tertiary/aromatic N) is 3. The highest BCUT2D eigenvalue weighted by molar-refractivity contribution is 6.30. The van der Waals surface area contributed by atoms with Crippen molar-refractivity contribution in [3.63, 3.8) is 0 Å². The number of benzene rings is 2. The number of rotatable bonds is 6. The van der Waals surface area contributed by atoms with Crippen molar-refractivity contribution in [2.75, 3.05) is 24.3 Å². The first-order chi connectivity index (χ1) is 16.9. The van der Waals surface area contributed by atoms with Gasteiger partial charge in [0, 0.05) is 45.7 Å². The van der Waals surface area contributed by atoms with Gasteiger partial charge in [-0.3, -0.25) is 15.6 Å². The van der Waals surface area contributed by atoms with Gasteiger partial charge >= 0.3 is 6.03 Å². The maximum absolute atomic E-state index is 12.6. The van der Waals surface area contributed by atoms with Crippen LogP contribution in [0.2, 0.25) is 5.02 Å². The van der Waals surface area contributed by atoms with Crippen LogP contribution < -0.4 is 20.7 Å². The molecule has 0 aliphatic heterocycles. The Kier molecular flexibility index (Phi) is 7.47. The number of carbonyl (C=O) groups excluding carboxylic acids is 1. The molecule has 0 fully saturated rings. The molecule has 9 nitrogen and oxygen atoms in total. The first-order valence-corrected chi connectivity index (χ1v) is 11.4. The van der Waals surface area contributed by atoms with E-state index in [4.69, 9.17) is 16.3 Å². The average molecular weight is 492 g/mol. The lowest BCUT2D eigenvalue weighted by molar-refractivity contribution is 0.256. The minimum atomic E-state index is -0.472. The molecule has 0 atom stereocenters. The third-order valence-corrected chi connectivity index (χ3v) is 5.39. The summed E-state index contributed by atoms with van der Waals surface area (Å²) in [5.74, 6) is 1.36. The second-order valence-electron chi connectivity index (χ2n) is 7.89. The monoisotopic (exact) mass is 491 g/mol. The van der Waals surface area contributed by atoms with Gasteiger partial charge in [-0.1, -0.05) is 17.7 Å². The molecule has 10 heteroatoms. The SMILES string of the molecule is COc1ccc2[nH]cc(CCN=C(NC(=O)Nc3cccc(Cl)c3)Nc3nc(C)cc(C)n3)c2c1. The lowest BCUT2D eigenvalue weighted by Gasteiger charge is -2.12. The second kappa shape index (κ2) is 10.9. The highest BCUT2D eigenvalue weighted by atomic mass is 35.5. The fourth-order valence-corrected chi connectivity index (χ4v) is 3.80. The van der Waals surface area contributed by atoms with Crippen molar-refractivity contribution in [1.29, 1.82) is 0 Å². The minimum Gasteiger partial charge on any atom is -0.497 e. The third kappa shape index (κ3) is 6.48. The zero-order valence-electron chi connectivity index (χ0n) is 19.6. The molecule has 0 aliphatic rings. The van der Waals surface area contributed by atoms with Crippen molar-refractivity contribution in [2.24, 2.45) is 4.99 Å². The van der Waals surface area contributed by atoms with E-state index in [0.29, 0.717) is 29.6 Å². The van der Waals surface area contributed by atoms with E-state index >= 15 is 0 Å². The normalized spacial score (nSPS) is 11.4. The van der Waals surface area contributed by atoms with Crippen molar-refractivity contribution in [3.8, 4) is 5.75 Å². The van der Waals surface area contributed by atoms with Crippen LogP contribution in [-0.4, -0.2) is 40.6 Å². The number of hydrogen-bond donors (Lipinski definition) is 4. The summed E-state index contributed by atoms with van der Waals surface area (Å²) in [5.41, 5.74) is 4.27. The molecule has 2 heterocycles. The van der Waals surface area contributed by atoms with Gasteiger partial charge in [0.1, 0.15) is 5.75 Å². The molecule has 0 bridgehead atoms. The number of nitrogens with one attached hydrogen (secondary N) is 4. The highest BCUT2D eigenvalue weighted by Gasteiger charge is 2.11. The average Bonchev–Trinajstić information content (AvgIpc) is 3.20. The smallest absolute Gasteiger partial charge is 0.326 e. The van der Waals surface area contributed by atoms with E-state index in [1.54, 1.807) is 31.4 Å². The highest BCUT2D eigenvalue weighted by Crippen LogP contribution is 2.24. The molecule has 4 aromatic rings. The first-order valence-electron chi connectivity index (χ1n) is 11.0. The number of aromatic nitrogens is 3. The standard InChI is InChI=1S/C25H26ClN7O2/c1-15-11-16(2)30-24(29-15)32-23(33-25(34)31-19-6-4-5-18(26)12-19)27-10-9-17-14-28-22-8-7-20(35-3)13-21(17)22/h4-8,11-14,28H,9-10H2,1-3H3,(H3,27,29,30,31,32,33,34). The Balaban J connectivity index is 1.51. The summed E-state index contributed by atoms with van der Waals surface area (Å²) in [6, 6.07) is 14.2. The Morgan fingerprint density at radius 2 is 1.89 bits per heavy atom. The summed E-state index contributed by atoms with van der Waals surface area (Å²) in [6.45, 7) is 4.16. The molecule has 2 aromatic heterocycles. The van der Waals surface area contributed by atoms with E-state index in [-0.39, 0.29) is 5.96 Å². The van der Waals surface area contributed by atoms with Crippen molar-refractivity contribution in [2.45, 2.75) is 20.3 Å². The van der Waals surface area contributed by atoms with Crippen LogP contribution in [-0.2, 0) is 6.42 Å². The Morgan fingerprint density at radius 3 is 2.63 bits per heavy atom. The molecule has 0 unspecified atom stereocenters. The van der Waals surface area contributed by atoms with E-state index in [2.05, 4.69) is 35.9 Å². The van der Waals surface area contributed by atoms with E-state index in [1.165, 1.54) is 0 Å². The zero-order chi connectivity index (χ0) is 24.8. The van der Waals surface area contributed by atoms with E-state index < -0.39 is 6.03 Å². The van der Waals surface area contributed by atoms with Crippen molar-refractivity contribution in [3.05, 3.63) is 76.7 Å². The number of hydrogen-bond acceptors (Lipinski definition) is 5. The summed E-state index contributed by atoms with van der Waals surface area (Å²) in [5, 5.41) is 10.1. The number of carbonyl (C=O) groups is 1. The molecule has 0 spiro atoms. The zero-order valence-corrected chi connectivity index (χ0v) is 20.4. The van der Waals surface area contributed by atoms with Crippen LogP contribution in [0.5, 0.6) is 5.75 Å². The van der Waals surface area contributed by atoms with Crippen molar-refractivity contribution in [1.82, 2.24) is 20.3 Å². The number of anilines is 2. The quantitative estimate of drug-likeness (QED) is 0.222. The summed E-state index contributed by atoms with van der Waals surface area (Å²) >= 11 is 6.01. The number of methoxy groups -OCH3 is 1. The Hall–Kier alpha value is -4.11. The first kappa shape index (κ1) is 24.0. The molecule has 35 heavy (non-hydrogen) atoms. The van der Waals surface area contributed by atoms with Gasteiger partial charge in [0.05, 0.1) is 7.11 Å². The van der Waals surface area contributed by atoms with Gasteiger partial charge in [-0.15, -0.1) is 0 Å². The van der Waals surface area contributed by atoms with Crippen molar-refractivity contribution >= 4 is 46.1 Å². The number of amides is 2. The van der Waals surface area contributed by atoms with E-state index in [9.17, 15) is 4.79 Å². The fourth-order valence-electron chi connectivity index (χ4n) is 3.61. The van der Waals surface area contributed by atoms with E-state index in [0.717, 1.165) is 33.6 Å². The second-order valence-corrected chi connectivity index (χ2v) is 8.33. The molecule has 0 aliphatic carbocycles. The third-order valence-electron chi connectivity index (χ3n) is 5.15. The number of halogens is 1. The molecule has 0 saturated heterocycles. The van der Waals surface area contributed by atoms with Gasteiger partial charge in [-0.05, 0) is 68.3 Å². The summed E-state index contributed by atoms with van der Waals surface area (Å²) < 4.78 is 5.35. The molecule has 4 N–H and O–H groups in total. The number of aryl methyl sites for hydroxylation is 2. The van der Waals surface area contributed by atoms with Crippen LogP contribution in [0, 0.1) is 13.8 Å². The van der Waals surface area contributed by atoms with Crippen LogP contribution >= 0.6 is 11.6 Å². The number of urea groups is 1. The summed E-state index contributed by atoms with van der Waals surface area (Å²) in [7, 11) is 1.64. The molecule has 2 aromatic carbocycles. The van der Waals surface area contributed by atoms with Gasteiger partial charge in [0.25, 0.3) is 0 Å². The van der Waals surface area contributed by atoms with Crippen LogP contribution in [0.3, 0.4) is 0 Å². The van der Waals surface area contributed by atoms with Crippen LogP contribution in [0.1, 0.15) is 17.0 Å². The van der Waals surface area contributed by atoms with E-state index in [1.807, 2.05) is 44.3 Å². The number of ether oxygens (including phenoxy) is 1. The summed E-state index contributed by atoms with van der Waals surface area (Å²) in [4.78, 5) is 29.3. The van der Waals surface area contributed by atoms with Crippen LogP contribution in [0.4, 0.5) is 16.4 Å². The molecular weight excluding hydrogens is 466 g/mol. The maximum Gasteiger partial charge on any atom is 0.326 e.